The molecule has 2 aromatic rings. The molecule has 1 aromatic carbocycles. The molecule has 1 aromatic heterocycles. The lowest BCUT2D eigenvalue weighted by Crippen LogP contribution is -2.54. The van der Waals surface area contributed by atoms with Crippen LogP contribution in [-0.2, 0) is 16.1 Å². The van der Waals surface area contributed by atoms with Crippen molar-refractivity contribution >= 4 is 29.3 Å². The molecule has 5 heterocycles. The van der Waals surface area contributed by atoms with Crippen molar-refractivity contribution in [3.63, 3.8) is 0 Å². The molecule has 0 saturated carbocycles. The predicted molar refractivity (Wildman–Crippen MR) is 101 cm³/mol. The quantitative estimate of drug-likeness (QED) is 0.844. The smallest absolute Gasteiger partial charge is 0.214 e. The monoisotopic (exact) mass is 350 g/mol. The zero-order valence-corrected chi connectivity index (χ0v) is 14.8. The van der Waals surface area contributed by atoms with Crippen LogP contribution in [0.4, 0.5) is 22.9 Å². The van der Waals surface area contributed by atoms with E-state index in [1.54, 1.807) is 11.1 Å². The number of benzene rings is 1. The van der Waals surface area contributed by atoms with Gasteiger partial charge in [-0.1, -0.05) is 6.07 Å². The Labute approximate surface area is 152 Å². The number of carbonyl (C=O) groups is 1. The lowest BCUT2D eigenvalue weighted by atomic mass is 9.95. The Morgan fingerprint density at radius 3 is 2.96 bits per heavy atom. The molecule has 134 valence electrons. The second-order valence-electron chi connectivity index (χ2n) is 7.36. The summed E-state index contributed by atoms with van der Waals surface area (Å²) in [7, 11) is 0. The highest BCUT2D eigenvalue weighted by Crippen LogP contribution is 2.41. The number of carbonyl (C=O) groups excluding carboxylic acids is 1. The number of pyridine rings is 1. The number of nitrogens with zero attached hydrogens (tertiary/aromatic N) is 3. The van der Waals surface area contributed by atoms with E-state index in [1.807, 2.05) is 12.1 Å². The summed E-state index contributed by atoms with van der Waals surface area (Å²) in [6, 6.07) is 8.62. The van der Waals surface area contributed by atoms with Crippen LogP contribution in [-0.4, -0.2) is 36.7 Å². The van der Waals surface area contributed by atoms with Crippen molar-refractivity contribution < 1.29 is 9.53 Å². The van der Waals surface area contributed by atoms with Gasteiger partial charge in [0.2, 0.25) is 6.41 Å². The molecule has 6 rings (SSSR count). The normalized spacial score (nSPS) is 23.7. The van der Waals surface area contributed by atoms with Crippen molar-refractivity contribution in [1.29, 1.82) is 0 Å². The Morgan fingerprint density at radius 2 is 2.23 bits per heavy atom. The van der Waals surface area contributed by atoms with Gasteiger partial charge in [0.05, 0.1) is 36.7 Å². The summed E-state index contributed by atoms with van der Waals surface area (Å²) in [6.07, 6.45) is 5.33. The topological polar surface area (TPSA) is 57.7 Å². The molecule has 1 N–H and O–H groups in total. The van der Waals surface area contributed by atoms with E-state index in [4.69, 9.17) is 4.74 Å². The van der Waals surface area contributed by atoms with Gasteiger partial charge in [0.25, 0.3) is 0 Å². The van der Waals surface area contributed by atoms with Gasteiger partial charge in [0, 0.05) is 24.0 Å². The summed E-state index contributed by atoms with van der Waals surface area (Å²) in [5, 5.41) is 3.42. The van der Waals surface area contributed by atoms with Crippen LogP contribution < -0.4 is 15.1 Å². The van der Waals surface area contributed by atoms with Gasteiger partial charge >= 0.3 is 0 Å². The maximum absolute atomic E-state index is 11.8. The lowest BCUT2D eigenvalue weighted by Gasteiger charge is -2.47. The van der Waals surface area contributed by atoms with E-state index in [0.29, 0.717) is 18.7 Å². The number of anilines is 4. The molecule has 4 aliphatic rings. The van der Waals surface area contributed by atoms with Crippen LogP contribution in [0.2, 0.25) is 0 Å². The largest absolute Gasteiger partial charge is 0.374 e. The molecule has 0 radical (unpaired) electrons. The first kappa shape index (κ1) is 15.6. The summed E-state index contributed by atoms with van der Waals surface area (Å²) >= 11 is 0. The third-order valence-electron chi connectivity index (χ3n) is 5.73. The first-order valence-electron chi connectivity index (χ1n) is 9.18. The summed E-state index contributed by atoms with van der Waals surface area (Å²) < 4.78 is 5.86. The van der Waals surface area contributed by atoms with Crippen LogP contribution in [0.15, 0.2) is 30.5 Å². The third kappa shape index (κ3) is 2.44. The molecule has 0 aliphatic carbocycles. The Kier molecular flexibility index (Phi) is 3.60. The maximum Gasteiger partial charge on any atom is 0.214 e. The highest BCUT2D eigenvalue weighted by atomic mass is 16.5. The Morgan fingerprint density at radius 1 is 1.31 bits per heavy atom. The molecule has 6 nitrogen and oxygen atoms in total. The molecule has 1 amide bonds. The number of nitrogens with one attached hydrogen (secondary N) is 1. The van der Waals surface area contributed by atoms with E-state index < -0.39 is 0 Å². The molecule has 4 aliphatic heterocycles. The van der Waals surface area contributed by atoms with Crippen LogP contribution in [0.3, 0.4) is 0 Å². The summed E-state index contributed by atoms with van der Waals surface area (Å²) in [4.78, 5) is 20.5. The second kappa shape index (κ2) is 5.99. The van der Waals surface area contributed by atoms with Crippen LogP contribution in [0, 0.1) is 6.92 Å². The van der Waals surface area contributed by atoms with Crippen LogP contribution in [0.1, 0.15) is 24.0 Å². The first-order chi connectivity index (χ1) is 12.7. The molecule has 3 fully saturated rings. The number of hydrogen-bond donors (Lipinski definition) is 1. The summed E-state index contributed by atoms with van der Waals surface area (Å²) in [6.45, 7) is 4.38. The van der Waals surface area contributed by atoms with Crippen LogP contribution >= 0.6 is 0 Å². The molecule has 26 heavy (non-hydrogen) atoms. The first-order valence-corrected chi connectivity index (χ1v) is 9.18. The molecule has 3 saturated heterocycles. The van der Waals surface area contributed by atoms with E-state index in [9.17, 15) is 4.79 Å². The standard InChI is InChI=1S/C20H22N4O2/c1-13-7-17-19(8-18(13)24-10-16-5-4-15(24)11-26-16)23(12-25)9-14-3-2-6-21-20(14)22-17/h2-3,6-8,12,15-16H,4-5,9-11H2,1H3,(H,21,22)/t15-,16-/m0/s1. The van der Waals surface area contributed by atoms with Gasteiger partial charge < -0.3 is 19.9 Å². The number of aromatic nitrogens is 1. The van der Waals surface area contributed by atoms with Crippen molar-refractivity contribution in [3.05, 3.63) is 41.6 Å². The lowest BCUT2D eigenvalue weighted by molar-refractivity contribution is -0.107. The molecular formula is C20H22N4O2. The Balaban J connectivity index is 1.59. The maximum atomic E-state index is 11.8. The fourth-order valence-corrected chi connectivity index (χ4v) is 4.35. The second-order valence-corrected chi connectivity index (χ2v) is 7.36. The van der Waals surface area contributed by atoms with Gasteiger partial charge in [-0.05, 0) is 43.5 Å². The molecule has 2 atom stereocenters. The van der Waals surface area contributed by atoms with Gasteiger partial charge in [0.1, 0.15) is 5.82 Å². The van der Waals surface area contributed by atoms with E-state index in [2.05, 4.69) is 34.3 Å². The number of fused-ring (bicyclic) bond motifs is 5. The van der Waals surface area contributed by atoms with E-state index in [1.165, 1.54) is 17.7 Å². The SMILES string of the molecule is Cc1cc2c(cc1N1C[C@@H]3CC[C@H]1CO3)N(C=O)Cc1cccnc1N2. The van der Waals surface area contributed by atoms with Gasteiger partial charge in [-0.2, -0.15) is 0 Å². The number of amides is 1. The zero-order chi connectivity index (χ0) is 17.7. The number of hydrogen-bond acceptors (Lipinski definition) is 5. The number of morpholine rings is 1. The Bertz CT molecular complexity index is 861. The van der Waals surface area contributed by atoms with Gasteiger partial charge in [-0.3, -0.25) is 4.79 Å². The van der Waals surface area contributed by atoms with Crippen molar-refractivity contribution in [2.45, 2.75) is 38.5 Å². The van der Waals surface area contributed by atoms with E-state index >= 15 is 0 Å². The van der Waals surface area contributed by atoms with Gasteiger partial charge in [0.15, 0.2) is 0 Å². The minimum Gasteiger partial charge on any atom is -0.374 e. The zero-order valence-electron chi connectivity index (χ0n) is 14.8. The number of piperidine rings is 1. The average molecular weight is 350 g/mol. The predicted octanol–water partition coefficient (Wildman–Crippen LogP) is 2.98. The molecule has 2 bridgehead atoms. The summed E-state index contributed by atoms with van der Waals surface area (Å²) in [5.74, 6) is 0.815. The molecule has 0 unspecified atom stereocenters. The Hall–Kier alpha value is -2.60. The van der Waals surface area contributed by atoms with Crippen molar-refractivity contribution in [3.8, 4) is 0 Å². The van der Waals surface area contributed by atoms with E-state index in [0.717, 1.165) is 48.7 Å². The van der Waals surface area contributed by atoms with Crippen LogP contribution in [0.5, 0.6) is 0 Å². The highest BCUT2D eigenvalue weighted by Gasteiger charge is 2.35. The van der Waals surface area contributed by atoms with Crippen LogP contribution in [0.25, 0.3) is 0 Å². The van der Waals surface area contributed by atoms with E-state index in [-0.39, 0.29) is 0 Å². The van der Waals surface area contributed by atoms with Gasteiger partial charge in [-0.25, -0.2) is 4.98 Å². The molecular weight excluding hydrogens is 328 g/mol. The van der Waals surface area contributed by atoms with Gasteiger partial charge in [-0.15, -0.1) is 0 Å². The molecule has 6 heteroatoms. The van der Waals surface area contributed by atoms with Crippen molar-refractivity contribution in [2.75, 3.05) is 28.3 Å². The minimum atomic E-state index is 0.326. The molecule has 0 spiro atoms. The van der Waals surface area contributed by atoms with Crippen molar-refractivity contribution in [1.82, 2.24) is 4.98 Å². The third-order valence-corrected chi connectivity index (χ3v) is 5.73. The minimum absolute atomic E-state index is 0.326. The number of rotatable bonds is 2. The number of ether oxygens (including phenoxy) is 1. The highest BCUT2D eigenvalue weighted by molar-refractivity contribution is 5.90. The fourth-order valence-electron chi connectivity index (χ4n) is 4.35. The van der Waals surface area contributed by atoms with Crippen molar-refractivity contribution in [2.24, 2.45) is 0 Å². The average Bonchev–Trinajstić information content (AvgIpc) is 2.84. The number of aryl methyl sites for hydroxylation is 1. The fraction of sp³-hybridized carbons (Fsp3) is 0.400. The summed E-state index contributed by atoms with van der Waals surface area (Å²) in [5.41, 5.74) is 5.25.